The molecule has 0 saturated heterocycles. The van der Waals surface area contributed by atoms with Crippen LogP contribution in [0.5, 0.6) is 0 Å². The van der Waals surface area contributed by atoms with E-state index >= 15 is 0 Å². The lowest BCUT2D eigenvalue weighted by molar-refractivity contribution is 0.314. The Balaban J connectivity index is 0.000000260. The summed E-state index contributed by atoms with van der Waals surface area (Å²) in [6.45, 7) is 25.4. The lowest BCUT2D eigenvalue weighted by Crippen LogP contribution is -2.15. The van der Waals surface area contributed by atoms with Crippen molar-refractivity contribution in [1.82, 2.24) is 20.3 Å². The summed E-state index contributed by atoms with van der Waals surface area (Å²) in [5, 5.41) is 14.7. The van der Waals surface area contributed by atoms with Gasteiger partial charge >= 0.3 is 0 Å². The Kier molecular flexibility index (Phi) is 6.45. The van der Waals surface area contributed by atoms with Gasteiger partial charge in [-0.3, -0.25) is 0 Å². The lowest BCUT2D eigenvalue weighted by Gasteiger charge is -2.14. The Hall–Kier alpha value is -1.30. The molecule has 0 saturated carbocycles. The molecule has 0 bridgehead atoms. The molecule has 0 atom stereocenters. The summed E-state index contributed by atoms with van der Waals surface area (Å²) < 4.78 is 5.19. The van der Waals surface area contributed by atoms with Gasteiger partial charge in [0.1, 0.15) is 10.0 Å². The van der Waals surface area contributed by atoms with Crippen molar-refractivity contribution in [1.29, 1.82) is 0 Å². The SMILES string of the molecule is CC(C)(C)c1nnc(C(C)(C)C)s1.CC(C)(C)c1noc(C(C)(C)C)n1. The van der Waals surface area contributed by atoms with Crippen LogP contribution in [0.2, 0.25) is 0 Å². The fourth-order valence-corrected chi connectivity index (χ4v) is 2.62. The van der Waals surface area contributed by atoms with Crippen LogP contribution in [0.3, 0.4) is 0 Å². The van der Waals surface area contributed by atoms with Gasteiger partial charge in [0.2, 0.25) is 5.89 Å². The van der Waals surface area contributed by atoms with Crippen molar-refractivity contribution in [3.8, 4) is 0 Å². The Morgan fingerprint density at radius 1 is 0.615 bits per heavy atom. The normalized spacial score (nSPS) is 13.4. The van der Waals surface area contributed by atoms with Crippen LogP contribution in [0.4, 0.5) is 0 Å². The molecule has 0 aliphatic heterocycles. The van der Waals surface area contributed by atoms with Gasteiger partial charge in [0, 0.05) is 21.7 Å². The summed E-state index contributed by atoms with van der Waals surface area (Å²) in [6.07, 6.45) is 0. The topological polar surface area (TPSA) is 64.7 Å². The van der Waals surface area contributed by atoms with Crippen LogP contribution in [0, 0.1) is 0 Å². The molecule has 2 heterocycles. The second-order valence-electron chi connectivity index (χ2n) is 10.8. The number of nitrogens with zero attached hydrogens (tertiary/aromatic N) is 4. The molecule has 0 amide bonds. The van der Waals surface area contributed by atoms with Gasteiger partial charge < -0.3 is 4.52 Å². The van der Waals surface area contributed by atoms with Crippen molar-refractivity contribution in [3.05, 3.63) is 21.7 Å². The maximum absolute atomic E-state index is 5.19. The van der Waals surface area contributed by atoms with Crippen LogP contribution < -0.4 is 0 Å². The zero-order valence-corrected chi connectivity index (χ0v) is 19.4. The maximum Gasteiger partial charge on any atom is 0.232 e. The van der Waals surface area contributed by atoms with Crippen LogP contribution in [-0.4, -0.2) is 20.3 Å². The van der Waals surface area contributed by atoms with E-state index in [0.717, 1.165) is 15.8 Å². The molecule has 0 fully saturated rings. The largest absolute Gasteiger partial charge is 0.339 e. The van der Waals surface area contributed by atoms with Crippen molar-refractivity contribution in [3.63, 3.8) is 0 Å². The van der Waals surface area contributed by atoms with E-state index in [1.807, 2.05) is 0 Å². The number of hydrogen-bond donors (Lipinski definition) is 0. The molecule has 0 aliphatic carbocycles. The van der Waals surface area contributed by atoms with Gasteiger partial charge in [-0.2, -0.15) is 4.98 Å². The summed E-state index contributed by atoms with van der Waals surface area (Å²) in [7, 11) is 0. The van der Waals surface area contributed by atoms with Crippen LogP contribution in [0.1, 0.15) is 105 Å². The summed E-state index contributed by atoms with van der Waals surface area (Å²) in [5.41, 5.74) is 0.159. The number of aromatic nitrogens is 4. The molecular formula is C20H36N4OS. The molecule has 6 heteroatoms. The standard InChI is InChI=1S/C10H18N2O.C10H18N2S/c1-9(2,3)7-11-8(13-12-7)10(4,5)6;1-9(2,3)7-11-12-8(13-7)10(4,5)6/h2*1-6H3. The molecule has 0 unspecified atom stereocenters. The third-order valence-electron chi connectivity index (χ3n) is 3.45. The molecule has 2 rings (SSSR count). The highest BCUT2D eigenvalue weighted by atomic mass is 32.1. The Labute approximate surface area is 163 Å². The van der Waals surface area contributed by atoms with Crippen molar-refractivity contribution in [2.45, 2.75) is 105 Å². The van der Waals surface area contributed by atoms with Crippen LogP contribution in [-0.2, 0) is 21.7 Å². The fraction of sp³-hybridized carbons (Fsp3) is 0.800. The third kappa shape index (κ3) is 6.45. The van der Waals surface area contributed by atoms with Crippen molar-refractivity contribution in [2.24, 2.45) is 0 Å². The van der Waals surface area contributed by atoms with Gasteiger partial charge in [-0.1, -0.05) is 88.2 Å². The van der Waals surface area contributed by atoms with E-state index in [1.165, 1.54) is 0 Å². The molecule has 0 aromatic carbocycles. The van der Waals surface area contributed by atoms with Crippen LogP contribution >= 0.6 is 11.3 Å². The Bertz CT molecular complexity index is 584. The van der Waals surface area contributed by atoms with E-state index in [4.69, 9.17) is 4.52 Å². The molecular weight excluding hydrogens is 344 g/mol. The minimum Gasteiger partial charge on any atom is -0.339 e. The Morgan fingerprint density at radius 3 is 1.23 bits per heavy atom. The van der Waals surface area contributed by atoms with E-state index in [1.54, 1.807) is 11.3 Å². The minimum absolute atomic E-state index is 0.0347. The number of rotatable bonds is 0. The van der Waals surface area contributed by atoms with Crippen LogP contribution in [0.25, 0.3) is 0 Å². The zero-order valence-electron chi connectivity index (χ0n) is 18.6. The smallest absolute Gasteiger partial charge is 0.232 e. The predicted octanol–water partition coefficient (Wildman–Crippen LogP) is 5.80. The highest BCUT2D eigenvalue weighted by molar-refractivity contribution is 7.11. The maximum atomic E-state index is 5.19. The minimum atomic E-state index is -0.0590. The summed E-state index contributed by atoms with van der Waals surface area (Å²) in [6, 6.07) is 0. The monoisotopic (exact) mass is 380 g/mol. The van der Waals surface area contributed by atoms with Crippen molar-refractivity contribution < 1.29 is 4.52 Å². The highest BCUT2D eigenvalue weighted by Gasteiger charge is 2.26. The second-order valence-corrected chi connectivity index (χ2v) is 11.8. The molecule has 148 valence electrons. The molecule has 0 N–H and O–H groups in total. The van der Waals surface area contributed by atoms with Crippen molar-refractivity contribution >= 4 is 11.3 Å². The molecule has 0 aliphatic rings. The summed E-state index contributed by atoms with van der Waals surface area (Å²) in [5.74, 6) is 1.48. The average molecular weight is 381 g/mol. The third-order valence-corrected chi connectivity index (χ3v) is 5.22. The van der Waals surface area contributed by atoms with Gasteiger partial charge in [0.15, 0.2) is 5.82 Å². The number of hydrogen-bond acceptors (Lipinski definition) is 6. The van der Waals surface area contributed by atoms with Gasteiger partial charge in [0.05, 0.1) is 0 Å². The molecule has 0 spiro atoms. The lowest BCUT2D eigenvalue weighted by atomic mass is 9.94. The van der Waals surface area contributed by atoms with E-state index in [9.17, 15) is 0 Å². The van der Waals surface area contributed by atoms with E-state index in [2.05, 4.69) is 103 Å². The first-order chi connectivity index (χ1) is 11.4. The van der Waals surface area contributed by atoms with Gasteiger partial charge in [-0.25, -0.2) is 0 Å². The molecule has 0 radical (unpaired) electrons. The van der Waals surface area contributed by atoms with Gasteiger partial charge in [-0.05, 0) is 0 Å². The van der Waals surface area contributed by atoms with Gasteiger partial charge in [0.25, 0.3) is 0 Å². The predicted molar refractivity (Wildman–Crippen MR) is 109 cm³/mol. The molecule has 2 aromatic heterocycles. The first-order valence-electron chi connectivity index (χ1n) is 9.11. The summed E-state index contributed by atoms with van der Waals surface area (Å²) in [4.78, 5) is 4.38. The van der Waals surface area contributed by atoms with Crippen molar-refractivity contribution in [2.75, 3.05) is 0 Å². The second kappa shape index (κ2) is 7.37. The molecule has 26 heavy (non-hydrogen) atoms. The van der Waals surface area contributed by atoms with E-state index in [0.29, 0.717) is 5.89 Å². The highest BCUT2D eigenvalue weighted by Crippen LogP contribution is 2.31. The fourth-order valence-electron chi connectivity index (χ4n) is 1.66. The first-order valence-corrected chi connectivity index (χ1v) is 9.93. The quantitative estimate of drug-likeness (QED) is 0.578. The first kappa shape index (κ1) is 22.7. The molecule has 2 aromatic rings. The zero-order chi connectivity index (χ0) is 20.6. The van der Waals surface area contributed by atoms with Gasteiger partial charge in [-0.15, -0.1) is 21.5 Å². The van der Waals surface area contributed by atoms with E-state index < -0.39 is 0 Å². The van der Waals surface area contributed by atoms with Crippen LogP contribution in [0.15, 0.2) is 4.52 Å². The summed E-state index contributed by atoms with van der Waals surface area (Å²) >= 11 is 1.72. The molecule has 5 nitrogen and oxygen atoms in total. The Morgan fingerprint density at radius 2 is 1.04 bits per heavy atom. The average Bonchev–Trinajstić information content (AvgIpc) is 3.06. The van der Waals surface area contributed by atoms with E-state index in [-0.39, 0.29) is 21.7 Å².